The normalized spacial score (nSPS) is 9.17. The number of aliphatic imine (C=N–C) groups is 1. The second-order valence-corrected chi connectivity index (χ2v) is 2.58. The SMILES string of the molecule is Cc1ccc(N=C=O)c(O)c1C. The van der Waals surface area contributed by atoms with Crippen molar-refractivity contribution in [2.75, 3.05) is 0 Å². The van der Waals surface area contributed by atoms with Gasteiger partial charge in [-0.05, 0) is 31.0 Å². The lowest BCUT2D eigenvalue weighted by Crippen LogP contribution is -1.80. The molecule has 0 bridgehead atoms. The molecule has 0 atom stereocenters. The number of phenols is 1. The van der Waals surface area contributed by atoms with Gasteiger partial charge in [0.15, 0.2) is 0 Å². The van der Waals surface area contributed by atoms with Crippen molar-refractivity contribution in [1.29, 1.82) is 0 Å². The smallest absolute Gasteiger partial charge is 0.240 e. The first-order valence-corrected chi connectivity index (χ1v) is 3.54. The Morgan fingerprint density at radius 3 is 2.67 bits per heavy atom. The van der Waals surface area contributed by atoms with Crippen LogP contribution in [-0.2, 0) is 4.79 Å². The van der Waals surface area contributed by atoms with E-state index in [2.05, 4.69) is 4.99 Å². The lowest BCUT2D eigenvalue weighted by molar-refractivity contribution is 0.472. The van der Waals surface area contributed by atoms with Gasteiger partial charge in [-0.25, -0.2) is 4.79 Å². The van der Waals surface area contributed by atoms with Gasteiger partial charge in [0.2, 0.25) is 6.08 Å². The number of nitrogens with zero attached hydrogens (tertiary/aromatic N) is 1. The van der Waals surface area contributed by atoms with Gasteiger partial charge >= 0.3 is 0 Å². The second kappa shape index (κ2) is 3.20. The maximum atomic E-state index is 9.92. The highest BCUT2D eigenvalue weighted by Crippen LogP contribution is 2.30. The summed E-state index contributed by atoms with van der Waals surface area (Å²) in [7, 11) is 0. The molecule has 12 heavy (non-hydrogen) atoms. The fourth-order valence-corrected chi connectivity index (χ4v) is 0.926. The third kappa shape index (κ3) is 1.36. The topological polar surface area (TPSA) is 49.7 Å². The van der Waals surface area contributed by atoms with Gasteiger partial charge in [0, 0.05) is 0 Å². The van der Waals surface area contributed by atoms with E-state index < -0.39 is 0 Å². The Kier molecular flexibility index (Phi) is 2.26. The maximum Gasteiger partial charge on any atom is 0.240 e. The molecule has 3 heteroatoms. The van der Waals surface area contributed by atoms with Crippen LogP contribution in [0.4, 0.5) is 5.69 Å². The fourth-order valence-electron chi connectivity index (χ4n) is 0.926. The first-order valence-electron chi connectivity index (χ1n) is 3.54. The summed E-state index contributed by atoms with van der Waals surface area (Å²) in [5.41, 5.74) is 1.98. The van der Waals surface area contributed by atoms with Crippen LogP contribution in [0.15, 0.2) is 17.1 Å². The van der Waals surface area contributed by atoms with Crippen molar-refractivity contribution in [3.8, 4) is 5.75 Å². The highest BCUT2D eigenvalue weighted by atomic mass is 16.3. The van der Waals surface area contributed by atoms with E-state index in [1.165, 1.54) is 6.08 Å². The Hall–Kier alpha value is -1.60. The third-order valence-electron chi connectivity index (χ3n) is 1.85. The molecule has 0 radical (unpaired) electrons. The molecular weight excluding hydrogens is 154 g/mol. The van der Waals surface area contributed by atoms with Gasteiger partial charge in [0.25, 0.3) is 0 Å². The fraction of sp³-hybridized carbons (Fsp3) is 0.222. The molecule has 0 fully saturated rings. The Bertz CT molecular complexity index is 352. The van der Waals surface area contributed by atoms with Gasteiger partial charge in [-0.2, -0.15) is 4.99 Å². The number of carbonyl (C=O) groups excluding carboxylic acids is 1. The summed E-state index contributed by atoms with van der Waals surface area (Å²) in [5, 5.41) is 9.44. The average Bonchev–Trinajstić information content (AvgIpc) is 2.07. The molecule has 0 unspecified atom stereocenters. The van der Waals surface area contributed by atoms with Crippen molar-refractivity contribution in [2.45, 2.75) is 13.8 Å². The van der Waals surface area contributed by atoms with Gasteiger partial charge < -0.3 is 5.11 Å². The highest BCUT2D eigenvalue weighted by molar-refractivity contribution is 5.61. The number of hydrogen-bond donors (Lipinski definition) is 1. The summed E-state index contributed by atoms with van der Waals surface area (Å²) in [6.45, 7) is 3.65. The molecule has 0 aliphatic heterocycles. The van der Waals surface area contributed by atoms with Crippen molar-refractivity contribution < 1.29 is 9.90 Å². The van der Waals surface area contributed by atoms with Crippen molar-refractivity contribution >= 4 is 11.8 Å². The van der Waals surface area contributed by atoms with E-state index in [1.54, 1.807) is 19.1 Å². The average molecular weight is 163 g/mol. The number of hydrogen-bond acceptors (Lipinski definition) is 3. The van der Waals surface area contributed by atoms with Crippen LogP contribution in [0.2, 0.25) is 0 Å². The molecule has 1 rings (SSSR count). The number of phenolic OH excluding ortho intramolecular Hbond substituents is 1. The summed E-state index contributed by atoms with van der Waals surface area (Å²) in [6, 6.07) is 3.38. The molecule has 3 nitrogen and oxygen atoms in total. The van der Waals surface area contributed by atoms with Crippen molar-refractivity contribution in [3.05, 3.63) is 23.3 Å². The Morgan fingerprint density at radius 2 is 2.08 bits per heavy atom. The molecule has 1 aromatic rings. The largest absolute Gasteiger partial charge is 0.505 e. The Morgan fingerprint density at radius 1 is 1.42 bits per heavy atom. The summed E-state index contributed by atoms with van der Waals surface area (Å²) < 4.78 is 0. The zero-order valence-electron chi connectivity index (χ0n) is 6.96. The van der Waals surface area contributed by atoms with Gasteiger partial charge in [0.05, 0.1) is 0 Å². The quantitative estimate of drug-likeness (QED) is 0.508. The van der Waals surface area contributed by atoms with E-state index in [1.807, 2.05) is 6.92 Å². The summed E-state index contributed by atoms with van der Waals surface area (Å²) in [4.78, 5) is 13.3. The minimum absolute atomic E-state index is 0.0540. The molecule has 0 aromatic heterocycles. The van der Waals surface area contributed by atoms with Crippen LogP contribution >= 0.6 is 0 Å². The molecule has 0 amide bonds. The van der Waals surface area contributed by atoms with Crippen LogP contribution in [0, 0.1) is 13.8 Å². The third-order valence-corrected chi connectivity index (χ3v) is 1.85. The number of benzene rings is 1. The van der Waals surface area contributed by atoms with Crippen molar-refractivity contribution in [3.63, 3.8) is 0 Å². The predicted molar refractivity (Wildman–Crippen MR) is 45.4 cm³/mol. The van der Waals surface area contributed by atoms with Gasteiger partial charge in [-0.15, -0.1) is 0 Å². The van der Waals surface area contributed by atoms with Crippen LogP contribution in [0.1, 0.15) is 11.1 Å². The zero-order valence-corrected chi connectivity index (χ0v) is 6.96. The molecule has 0 saturated heterocycles. The lowest BCUT2D eigenvalue weighted by atomic mass is 10.1. The molecule has 0 spiro atoms. The van der Waals surface area contributed by atoms with Crippen LogP contribution in [-0.4, -0.2) is 11.2 Å². The zero-order chi connectivity index (χ0) is 9.14. The van der Waals surface area contributed by atoms with Crippen molar-refractivity contribution in [2.24, 2.45) is 4.99 Å². The molecule has 0 saturated carbocycles. The highest BCUT2D eigenvalue weighted by Gasteiger charge is 2.04. The number of aryl methyl sites for hydroxylation is 1. The van der Waals surface area contributed by atoms with Crippen LogP contribution in [0.25, 0.3) is 0 Å². The van der Waals surface area contributed by atoms with Gasteiger partial charge in [-0.3, -0.25) is 0 Å². The predicted octanol–water partition coefficient (Wildman–Crippen LogP) is 1.98. The van der Waals surface area contributed by atoms with Crippen molar-refractivity contribution in [1.82, 2.24) is 0 Å². The first-order chi connectivity index (χ1) is 5.66. The summed E-state index contributed by atoms with van der Waals surface area (Å²) >= 11 is 0. The minimum atomic E-state index is 0.0540. The Labute approximate surface area is 70.4 Å². The van der Waals surface area contributed by atoms with Gasteiger partial charge in [-0.1, -0.05) is 6.07 Å². The number of rotatable bonds is 1. The molecule has 1 N–H and O–H groups in total. The first kappa shape index (κ1) is 8.50. The van der Waals surface area contributed by atoms with Crippen LogP contribution < -0.4 is 0 Å². The molecule has 62 valence electrons. The summed E-state index contributed by atoms with van der Waals surface area (Å²) in [6.07, 6.45) is 1.39. The maximum absolute atomic E-state index is 9.92. The van der Waals surface area contributed by atoms with Gasteiger partial charge in [0.1, 0.15) is 11.4 Å². The van der Waals surface area contributed by atoms with Crippen LogP contribution in [0.3, 0.4) is 0 Å². The van der Waals surface area contributed by atoms with E-state index in [9.17, 15) is 9.90 Å². The van der Waals surface area contributed by atoms with E-state index in [-0.39, 0.29) is 11.4 Å². The minimum Gasteiger partial charge on any atom is -0.505 e. The van der Waals surface area contributed by atoms with E-state index in [0.29, 0.717) is 0 Å². The molecular formula is C9H9NO2. The summed E-state index contributed by atoms with van der Waals surface area (Å²) in [5.74, 6) is 0.0540. The Balaban J connectivity index is 3.35. The lowest BCUT2D eigenvalue weighted by Gasteiger charge is -2.03. The monoisotopic (exact) mass is 163 g/mol. The molecule has 0 aliphatic carbocycles. The van der Waals surface area contributed by atoms with Crippen LogP contribution in [0.5, 0.6) is 5.75 Å². The number of aromatic hydroxyl groups is 1. The molecule has 1 aromatic carbocycles. The number of isocyanates is 1. The molecule has 0 heterocycles. The van der Waals surface area contributed by atoms with E-state index in [0.717, 1.165) is 11.1 Å². The van der Waals surface area contributed by atoms with E-state index >= 15 is 0 Å². The molecule has 0 aliphatic rings. The standard InChI is InChI=1S/C9H9NO2/c1-6-3-4-8(10-5-11)9(12)7(6)2/h3-4,12H,1-2H3. The van der Waals surface area contributed by atoms with E-state index in [4.69, 9.17) is 0 Å². The second-order valence-electron chi connectivity index (χ2n) is 2.58.